The molecular formula is C25H47N. The first-order valence-electron chi connectivity index (χ1n) is 12.5. The normalized spacial score (nSPS) is 34.8. The van der Waals surface area contributed by atoms with Gasteiger partial charge in [0, 0.05) is 6.04 Å². The molecule has 0 amide bonds. The SMILES string of the molecule is CCCCC1CCN([C@H]2CC[C@H]([C@H]3CC[C@H](CCCC)CC3)CC2)CC1. The molecule has 0 N–H and O–H groups in total. The zero-order chi connectivity index (χ0) is 18.2. The van der Waals surface area contributed by atoms with Crippen LogP contribution in [0.3, 0.4) is 0 Å². The van der Waals surface area contributed by atoms with Crippen LogP contribution in [0.25, 0.3) is 0 Å². The number of hydrogen-bond acceptors (Lipinski definition) is 1. The molecule has 152 valence electrons. The van der Waals surface area contributed by atoms with Crippen LogP contribution in [-0.2, 0) is 0 Å². The Kier molecular flexibility index (Phi) is 8.82. The van der Waals surface area contributed by atoms with Crippen LogP contribution in [-0.4, -0.2) is 24.0 Å². The minimum absolute atomic E-state index is 0.944. The lowest BCUT2D eigenvalue weighted by Gasteiger charge is -2.43. The third kappa shape index (κ3) is 5.98. The third-order valence-corrected chi connectivity index (χ3v) is 8.40. The number of rotatable bonds is 8. The summed E-state index contributed by atoms with van der Waals surface area (Å²) in [6, 6.07) is 0.944. The van der Waals surface area contributed by atoms with Gasteiger partial charge in [-0.2, -0.15) is 0 Å². The molecule has 3 aliphatic rings. The summed E-state index contributed by atoms with van der Waals surface area (Å²) in [5.41, 5.74) is 0. The van der Waals surface area contributed by atoms with Crippen LogP contribution < -0.4 is 0 Å². The number of piperidine rings is 1. The van der Waals surface area contributed by atoms with Crippen molar-refractivity contribution in [2.45, 2.75) is 123 Å². The average molecular weight is 362 g/mol. The standard InChI is InChI=1S/C25H47N/c1-3-5-7-21-9-11-23(12-10-21)24-13-15-25(16-14-24)26-19-17-22(18-20-26)8-6-4-2/h21-25H,3-20H2,1-2H3/t21-,23-,24-,25-. The van der Waals surface area contributed by atoms with Gasteiger partial charge in [-0.3, -0.25) is 0 Å². The smallest absolute Gasteiger partial charge is 0.00954 e. The minimum atomic E-state index is 0.944. The van der Waals surface area contributed by atoms with Crippen LogP contribution in [0, 0.1) is 23.7 Å². The molecule has 3 fully saturated rings. The van der Waals surface area contributed by atoms with Crippen LogP contribution in [0.4, 0.5) is 0 Å². The van der Waals surface area contributed by atoms with E-state index in [-0.39, 0.29) is 0 Å². The van der Waals surface area contributed by atoms with Gasteiger partial charge < -0.3 is 4.90 Å². The first-order chi connectivity index (χ1) is 12.8. The Labute approximate surface area is 164 Å². The van der Waals surface area contributed by atoms with Gasteiger partial charge in [0.05, 0.1) is 0 Å². The van der Waals surface area contributed by atoms with E-state index in [9.17, 15) is 0 Å². The Morgan fingerprint density at radius 2 is 1.04 bits per heavy atom. The van der Waals surface area contributed by atoms with Crippen molar-refractivity contribution in [2.75, 3.05) is 13.1 Å². The molecular weight excluding hydrogens is 314 g/mol. The second-order valence-corrected chi connectivity index (χ2v) is 10.1. The molecule has 1 nitrogen and oxygen atoms in total. The highest BCUT2D eigenvalue weighted by atomic mass is 15.2. The van der Waals surface area contributed by atoms with E-state index in [1.165, 1.54) is 77.3 Å². The van der Waals surface area contributed by atoms with E-state index >= 15 is 0 Å². The van der Waals surface area contributed by atoms with Gasteiger partial charge in [-0.15, -0.1) is 0 Å². The Morgan fingerprint density at radius 3 is 1.54 bits per heavy atom. The lowest BCUT2D eigenvalue weighted by atomic mass is 9.69. The van der Waals surface area contributed by atoms with Crippen LogP contribution >= 0.6 is 0 Å². The summed E-state index contributed by atoms with van der Waals surface area (Å²) < 4.78 is 0. The summed E-state index contributed by atoms with van der Waals surface area (Å²) in [6.07, 6.45) is 24.0. The van der Waals surface area contributed by atoms with Gasteiger partial charge in [0.1, 0.15) is 0 Å². The molecule has 3 rings (SSSR count). The number of likely N-dealkylation sites (tertiary alicyclic amines) is 1. The molecule has 1 heterocycles. The van der Waals surface area contributed by atoms with Gasteiger partial charge in [-0.1, -0.05) is 65.2 Å². The van der Waals surface area contributed by atoms with E-state index in [1.54, 1.807) is 38.5 Å². The average Bonchev–Trinajstić information content (AvgIpc) is 2.72. The van der Waals surface area contributed by atoms with Gasteiger partial charge in [0.25, 0.3) is 0 Å². The Bertz CT molecular complexity index is 318. The third-order valence-electron chi connectivity index (χ3n) is 8.40. The maximum atomic E-state index is 2.89. The molecule has 0 atom stereocenters. The highest BCUT2D eigenvalue weighted by Crippen LogP contribution is 2.42. The van der Waals surface area contributed by atoms with Crippen molar-refractivity contribution >= 4 is 0 Å². The molecule has 0 unspecified atom stereocenters. The minimum Gasteiger partial charge on any atom is -0.300 e. The van der Waals surface area contributed by atoms with Crippen molar-refractivity contribution in [3.63, 3.8) is 0 Å². The molecule has 1 saturated heterocycles. The van der Waals surface area contributed by atoms with Crippen molar-refractivity contribution < 1.29 is 0 Å². The topological polar surface area (TPSA) is 3.24 Å². The highest BCUT2D eigenvalue weighted by Gasteiger charge is 2.33. The molecule has 0 radical (unpaired) electrons. The van der Waals surface area contributed by atoms with Gasteiger partial charge in [-0.25, -0.2) is 0 Å². The van der Waals surface area contributed by atoms with Gasteiger partial charge in [0.2, 0.25) is 0 Å². The predicted octanol–water partition coefficient (Wildman–Crippen LogP) is 7.44. The lowest BCUT2D eigenvalue weighted by Crippen LogP contribution is -2.43. The van der Waals surface area contributed by atoms with Crippen molar-refractivity contribution in [3.05, 3.63) is 0 Å². The predicted molar refractivity (Wildman–Crippen MR) is 115 cm³/mol. The van der Waals surface area contributed by atoms with Gasteiger partial charge in [-0.05, 0) is 88.1 Å². The summed E-state index contributed by atoms with van der Waals surface area (Å²) in [6.45, 7) is 7.50. The summed E-state index contributed by atoms with van der Waals surface area (Å²) >= 11 is 0. The summed E-state index contributed by atoms with van der Waals surface area (Å²) in [4.78, 5) is 2.89. The Balaban J connectivity index is 1.32. The van der Waals surface area contributed by atoms with E-state index in [4.69, 9.17) is 0 Å². The number of nitrogens with zero attached hydrogens (tertiary/aromatic N) is 1. The van der Waals surface area contributed by atoms with E-state index in [0.29, 0.717) is 0 Å². The largest absolute Gasteiger partial charge is 0.300 e. The van der Waals surface area contributed by atoms with Crippen molar-refractivity contribution in [1.82, 2.24) is 4.90 Å². The Morgan fingerprint density at radius 1 is 0.577 bits per heavy atom. The molecule has 2 saturated carbocycles. The first-order valence-corrected chi connectivity index (χ1v) is 12.5. The fourth-order valence-corrected chi connectivity index (χ4v) is 6.48. The van der Waals surface area contributed by atoms with E-state index in [0.717, 1.165) is 29.7 Å². The van der Waals surface area contributed by atoms with Crippen molar-refractivity contribution in [1.29, 1.82) is 0 Å². The first kappa shape index (κ1) is 20.7. The quantitative estimate of drug-likeness (QED) is 0.434. The van der Waals surface area contributed by atoms with Crippen LogP contribution in [0.5, 0.6) is 0 Å². The molecule has 0 aromatic carbocycles. The van der Waals surface area contributed by atoms with Crippen LogP contribution in [0.15, 0.2) is 0 Å². The van der Waals surface area contributed by atoms with E-state index in [1.807, 2.05) is 0 Å². The second kappa shape index (κ2) is 11.1. The summed E-state index contributed by atoms with van der Waals surface area (Å²) in [7, 11) is 0. The molecule has 1 aliphatic heterocycles. The number of hydrogen-bond donors (Lipinski definition) is 0. The molecule has 0 aromatic heterocycles. The zero-order valence-electron chi connectivity index (χ0n) is 18.1. The molecule has 2 aliphatic carbocycles. The monoisotopic (exact) mass is 361 g/mol. The maximum Gasteiger partial charge on any atom is 0.00954 e. The molecule has 0 bridgehead atoms. The molecule has 0 aromatic rings. The molecule has 26 heavy (non-hydrogen) atoms. The fraction of sp³-hybridized carbons (Fsp3) is 1.00. The maximum absolute atomic E-state index is 2.89. The van der Waals surface area contributed by atoms with E-state index in [2.05, 4.69) is 18.7 Å². The zero-order valence-corrected chi connectivity index (χ0v) is 18.1. The van der Waals surface area contributed by atoms with Crippen LogP contribution in [0.1, 0.15) is 117 Å². The number of unbranched alkanes of at least 4 members (excludes halogenated alkanes) is 2. The van der Waals surface area contributed by atoms with Gasteiger partial charge >= 0.3 is 0 Å². The van der Waals surface area contributed by atoms with Crippen molar-refractivity contribution in [3.8, 4) is 0 Å². The van der Waals surface area contributed by atoms with Crippen molar-refractivity contribution in [2.24, 2.45) is 23.7 Å². The fourth-order valence-electron chi connectivity index (χ4n) is 6.48. The highest BCUT2D eigenvalue weighted by molar-refractivity contribution is 4.86. The van der Waals surface area contributed by atoms with Gasteiger partial charge in [0.15, 0.2) is 0 Å². The molecule has 1 heteroatoms. The summed E-state index contributed by atoms with van der Waals surface area (Å²) in [5, 5.41) is 0. The second-order valence-electron chi connectivity index (χ2n) is 10.1. The molecule has 0 spiro atoms. The van der Waals surface area contributed by atoms with E-state index < -0.39 is 0 Å². The lowest BCUT2D eigenvalue weighted by molar-refractivity contribution is 0.0718. The summed E-state index contributed by atoms with van der Waals surface area (Å²) in [5.74, 6) is 4.30. The Hall–Kier alpha value is -0.0400. The van der Waals surface area contributed by atoms with Crippen LogP contribution in [0.2, 0.25) is 0 Å².